The molecule has 3 nitrogen and oxygen atoms in total. The molecular weight excluding hydrogens is 154 g/mol. The van der Waals surface area contributed by atoms with Crippen molar-refractivity contribution >= 4 is 5.78 Å². The van der Waals surface area contributed by atoms with Gasteiger partial charge in [-0.15, -0.1) is 0 Å². The smallest absolute Gasteiger partial charge is 0.201 e. The van der Waals surface area contributed by atoms with Gasteiger partial charge in [0, 0.05) is 12.5 Å². The second kappa shape index (κ2) is 3.27. The van der Waals surface area contributed by atoms with Gasteiger partial charge in [-0.25, -0.2) is 0 Å². The molecule has 0 aromatic heterocycles. The monoisotopic (exact) mass is 169 g/mol. The van der Waals surface area contributed by atoms with Crippen molar-refractivity contribution in [2.75, 3.05) is 20.6 Å². The van der Waals surface area contributed by atoms with E-state index >= 15 is 0 Å². The van der Waals surface area contributed by atoms with E-state index in [0.29, 0.717) is 6.42 Å². The van der Waals surface area contributed by atoms with Crippen LogP contribution < -0.4 is 0 Å². The van der Waals surface area contributed by atoms with E-state index in [1.807, 2.05) is 25.9 Å². The summed E-state index contributed by atoms with van der Waals surface area (Å²) in [6, 6.07) is 0. The zero-order valence-electron chi connectivity index (χ0n) is 7.79. The minimum absolute atomic E-state index is 0.0122. The van der Waals surface area contributed by atoms with Crippen molar-refractivity contribution < 1.29 is 9.90 Å². The highest BCUT2D eigenvalue weighted by atomic mass is 16.3. The molecule has 0 aromatic rings. The molecule has 1 aliphatic rings. The maximum absolute atomic E-state index is 11.3. The molecule has 0 radical (unpaired) electrons. The summed E-state index contributed by atoms with van der Waals surface area (Å²) in [7, 11) is 3.86. The van der Waals surface area contributed by atoms with Gasteiger partial charge >= 0.3 is 0 Å². The summed E-state index contributed by atoms with van der Waals surface area (Å²) in [5, 5.41) is 9.26. The van der Waals surface area contributed by atoms with E-state index in [1.54, 1.807) is 0 Å². The Hall–Kier alpha value is -0.830. The fraction of sp³-hybridized carbons (Fsp3) is 0.667. The number of carbonyl (C=O) groups excluding carboxylic acids is 1. The molecule has 68 valence electrons. The number of aliphatic hydroxyl groups excluding tert-OH is 1. The number of Topliss-reactive ketones (excluding diaryl/α,β-unsaturated/α-hetero) is 1. The van der Waals surface area contributed by atoms with Gasteiger partial charge in [-0.1, -0.05) is 0 Å². The lowest BCUT2D eigenvalue weighted by molar-refractivity contribution is -0.120. The third-order valence-electron chi connectivity index (χ3n) is 2.15. The van der Waals surface area contributed by atoms with Crippen molar-refractivity contribution in [2.45, 2.75) is 13.3 Å². The summed E-state index contributed by atoms with van der Waals surface area (Å²) in [6.07, 6.45) is 0.711. The number of aliphatic hydroxyl groups is 1. The van der Waals surface area contributed by atoms with Gasteiger partial charge in [0.1, 0.15) is 0 Å². The molecule has 0 fully saturated rings. The van der Waals surface area contributed by atoms with Gasteiger partial charge in [0.15, 0.2) is 5.76 Å². The van der Waals surface area contributed by atoms with Gasteiger partial charge in [0.2, 0.25) is 5.78 Å². The fourth-order valence-corrected chi connectivity index (χ4v) is 1.55. The summed E-state index contributed by atoms with van der Waals surface area (Å²) in [6.45, 7) is 2.53. The van der Waals surface area contributed by atoms with Crippen LogP contribution in [0.4, 0.5) is 0 Å². The van der Waals surface area contributed by atoms with Crippen molar-refractivity contribution in [3.05, 3.63) is 11.3 Å². The number of rotatable bonds is 2. The Balaban J connectivity index is 2.61. The molecule has 1 atom stereocenters. The van der Waals surface area contributed by atoms with Crippen LogP contribution in [0.2, 0.25) is 0 Å². The van der Waals surface area contributed by atoms with E-state index in [4.69, 9.17) is 0 Å². The van der Waals surface area contributed by atoms with Gasteiger partial charge in [-0.3, -0.25) is 4.79 Å². The first-order chi connectivity index (χ1) is 5.52. The quantitative estimate of drug-likeness (QED) is 0.669. The number of ketones is 1. The number of carbonyl (C=O) groups is 1. The summed E-state index contributed by atoms with van der Waals surface area (Å²) in [5.41, 5.74) is 0.826. The van der Waals surface area contributed by atoms with Crippen molar-refractivity contribution in [3.63, 3.8) is 0 Å². The maximum Gasteiger partial charge on any atom is 0.201 e. The Bertz CT molecular complexity index is 231. The molecule has 0 bridgehead atoms. The number of hydrogen-bond acceptors (Lipinski definition) is 3. The maximum atomic E-state index is 11.3. The van der Waals surface area contributed by atoms with Gasteiger partial charge in [0.25, 0.3) is 0 Å². The molecule has 0 saturated carbocycles. The SMILES string of the molecule is CC1=C(O)C(=O)C(CN(C)C)C1. The third-order valence-corrected chi connectivity index (χ3v) is 2.15. The summed E-state index contributed by atoms with van der Waals surface area (Å²) in [5.74, 6) is -0.136. The molecule has 1 unspecified atom stereocenters. The molecule has 0 heterocycles. The van der Waals surface area contributed by atoms with Crippen LogP contribution in [0.3, 0.4) is 0 Å². The first-order valence-electron chi connectivity index (χ1n) is 4.10. The van der Waals surface area contributed by atoms with E-state index in [2.05, 4.69) is 0 Å². The molecule has 0 saturated heterocycles. The fourth-order valence-electron chi connectivity index (χ4n) is 1.55. The van der Waals surface area contributed by atoms with Crippen molar-refractivity contribution in [1.29, 1.82) is 0 Å². The second-order valence-electron chi connectivity index (χ2n) is 3.66. The average Bonchev–Trinajstić information content (AvgIpc) is 2.17. The van der Waals surface area contributed by atoms with Gasteiger partial charge in [-0.2, -0.15) is 0 Å². The summed E-state index contributed by atoms with van der Waals surface area (Å²) >= 11 is 0. The Morgan fingerprint density at radius 3 is 2.50 bits per heavy atom. The highest BCUT2D eigenvalue weighted by Crippen LogP contribution is 2.26. The van der Waals surface area contributed by atoms with Crippen LogP contribution in [0.15, 0.2) is 11.3 Å². The Kier molecular flexibility index (Phi) is 2.52. The van der Waals surface area contributed by atoms with Crippen LogP contribution in [0, 0.1) is 5.92 Å². The highest BCUT2D eigenvalue weighted by Gasteiger charge is 2.30. The third kappa shape index (κ3) is 1.67. The Morgan fingerprint density at radius 2 is 2.17 bits per heavy atom. The van der Waals surface area contributed by atoms with Crippen LogP contribution in [0.25, 0.3) is 0 Å². The number of hydrogen-bond donors (Lipinski definition) is 1. The minimum Gasteiger partial charge on any atom is -0.504 e. The zero-order chi connectivity index (χ0) is 9.30. The Labute approximate surface area is 72.7 Å². The number of nitrogens with zero attached hydrogens (tertiary/aromatic N) is 1. The van der Waals surface area contributed by atoms with Crippen molar-refractivity contribution in [2.24, 2.45) is 5.92 Å². The lowest BCUT2D eigenvalue weighted by Gasteiger charge is -2.14. The van der Waals surface area contributed by atoms with Gasteiger partial charge in [-0.05, 0) is 33.0 Å². The van der Waals surface area contributed by atoms with Gasteiger partial charge in [0.05, 0.1) is 0 Å². The molecule has 0 amide bonds. The van der Waals surface area contributed by atoms with E-state index in [-0.39, 0.29) is 17.5 Å². The largest absolute Gasteiger partial charge is 0.504 e. The second-order valence-corrected chi connectivity index (χ2v) is 3.66. The molecule has 1 N–H and O–H groups in total. The highest BCUT2D eigenvalue weighted by molar-refractivity contribution is 5.98. The van der Waals surface area contributed by atoms with Crippen LogP contribution in [-0.4, -0.2) is 36.4 Å². The van der Waals surface area contributed by atoms with E-state index in [0.717, 1.165) is 12.1 Å². The first kappa shape index (κ1) is 9.26. The van der Waals surface area contributed by atoms with Crippen molar-refractivity contribution in [1.82, 2.24) is 4.90 Å². The van der Waals surface area contributed by atoms with E-state index in [9.17, 15) is 9.90 Å². The van der Waals surface area contributed by atoms with Crippen LogP contribution >= 0.6 is 0 Å². The summed E-state index contributed by atoms with van der Waals surface area (Å²) < 4.78 is 0. The molecule has 0 aliphatic heterocycles. The van der Waals surface area contributed by atoms with Crippen LogP contribution in [0.5, 0.6) is 0 Å². The zero-order valence-corrected chi connectivity index (χ0v) is 7.79. The van der Waals surface area contributed by atoms with E-state index < -0.39 is 0 Å². The van der Waals surface area contributed by atoms with Gasteiger partial charge < -0.3 is 10.0 Å². The molecule has 1 aliphatic carbocycles. The van der Waals surface area contributed by atoms with Crippen LogP contribution in [-0.2, 0) is 4.79 Å². The number of allylic oxidation sites excluding steroid dienone is 2. The predicted octanol–water partition coefficient (Wildman–Crippen LogP) is 0.969. The molecule has 1 rings (SSSR count). The normalized spacial score (nSPS) is 24.3. The predicted molar refractivity (Wildman–Crippen MR) is 47.0 cm³/mol. The standard InChI is InChI=1S/C9H15NO2/c1-6-4-7(5-10(2)3)9(12)8(6)11/h7,11H,4-5H2,1-3H3. The minimum atomic E-state index is -0.0961. The first-order valence-corrected chi connectivity index (χ1v) is 4.10. The Morgan fingerprint density at radius 1 is 1.58 bits per heavy atom. The van der Waals surface area contributed by atoms with Crippen LogP contribution in [0.1, 0.15) is 13.3 Å². The average molecular weight is 169 g/mol. The van der Waals surface area contributed by atoms with Crippen molar-refractivity contribution in [3.8, 4) is 0 Å². The summed E-state index contributed by atoms with van der Waals surface area (Å²) in [4.78, 5) is 13.3. The molecule has 12 heavy (non-hydrogen) atoms. The topological polar surface area (TPSA) is 40.5 Å². The molecule has 0 spiro atoms. The lowest BCUT2D eigenvalue weighted by Crippen LogP contribution is -2.25. The lowest BCUT2D eigenvalue weighted by atomic mass is 10.0. The molecule has 0 aromatic carbocycles. The molecule has 3 heteroatoms. The van der Waals surface area contributed by atoms with E-state index in [1.165, 1.54) is 0 Å². The molecular formula is C9H15NO2.